The third-order valence-electron chi connectivity index (χ3n) is 3.35. The van der Waals surface area contributed by atoms with E-state index < -0.39 is 0 Å². The fourth-order valence-corrected chi connectivity index (χ4v) is 2.63. The molecule has 0 spiro atoms. The summed E-state index contributed by atoms with van der Waals surface area (Å²) in [6, 6.07) is -0.0171. The van der Waals surface area contributed by atoms with Crippen molar-refractivity contribution in [3.8, 4) is 0 Å². The average Bonchev–Trinajstić information content (AvgIpc) is 2.69. The monoisotopic (exact) mass is 239 g/mol. The summed E-state index contributed by atoms with van der Waals surface area (Å²) in [5.74, 6) is 0.0870. The van der Waals surface area contributed by atoms with Crippen molar-refractivity contribution in [2.75, 3.05) is 6.54 Å². The van der Waals surface area contributed by atoms with Crippen molar-refractivity contribution >= 4 is 17.2 Å². The molecule has 1 atom stereocenters. The third-order valence-corrected chi connectivity index (χ3v) is 4.31. The highest BCUT2D eigenvalue weighted by atomic mass is 32.1. The molecule has 16 heavy (non-hydrogen) atoms. The highest BCUT2D eigenvalue weighted by Crippen LogP contribution is 2.40. The summed E-state index contributed by atoms with van der Waals surface area (Å²) in [4.78, 5) is 16.3. The first kappa shape index (κ1) is 11.5. The predicted octanol–water partition coefficient (Wildman–Crippen LogP) is 1.45. The highest BCUT2D eigenvalue weighted by Gasteiger charge is 2.43. The molecule has 0 saturated heterocycles. The zero-order valence-corrected chi connectivity index (χ0v) is 10.2. The normalized spacial score (nSPS) is 19.9. The van der Waals surface area contributed by atoms with Gasteiger partial charge in [0.15, 0.2) is 0 Å². The third kappa shape index (κ3) is 1.97. The van der Waals surface area contributed by atoms with Gasteiger partial charge >= 0.3 is 0 Å². The van der Waals surface area contributed by atoms with Gasteiger partial charge in [-0.2, -0.15) is 0 Å². The highest BCUT2D eigenvalue weighted by molar-refractivity contribution is 7.09. The summed E-state index contributed by atoms with van der Waals surface area (Å²) in [7, 11) is 0. The second-order valence-corrected chi connectivity index (χ2v) is 5.33. The van der Waals surface area contributed by atoms with Gasteiger partial charge in [-0.1, -0.05) is 6.42 Å². The molecule has 1 aliphatic rings. The minimum atomic E-state index is -0.300. The van der Waals surface area contributed by atoms with E-state index in [1.807, 2.05) is 12.3 Å². The molecule has 3 N–H and O–H groups in total. The Hall–Kier alpha value is -0.940. The van der Waals surface area contributed by atoms with E-state index in [0.717, 1.165) is 24.3 Å². The zero-order chi connectivity index (χ0) is 11.6. The predicted molar refractivity (Wildman–Crippen MR) is 64.0 cm³/mol. The van der Waals surface area contributed by atoms with Crippen molar-refractivity contribution in [2.45, 2.75) is 32.2 Å². The molecule has 1 aromatic rings. The lowest BCUT2D eigenvalue weighted by Gasteiger charge is -2.39. The fourth-order valence-electron chi connectivity index (χ4n) is 1.99. The summed E-state index contributed by atoms with van der Waals surface area (Å²) in [6.07, 6.45) is 4.70. The lowest BCUT2D eigenvalue weighted by Crippen LogP contribution is -2.50. The summed E-state index contributed by atoms with van der Waals surface area (Å²) < 4.78 is 0. The number of nitrogens with zero attached hydrogens (tertiary/aromatic N) is 1. The maximum atomic E-state index is 12.1. The lowest BCUT2D eigenvalue weighted by atomic mass is 9.68. The van der Waals surface area contributed by atoms with Crippen LogP contribution in [0.1, 0.15) is 37.2 Å². The van der Waals surface area contributed by atoms with Gasteiger partial charge < -0.3 is 11.1 Å². The fraction of sp³-hybridized carbons (Fsp3) is 0.636. The smallest absolute Gasteiger partial charge is 0.228 e. The van der Waals surface area contributed by atoms with Gasteiger partial charge in [0.05, 0.1) is 11.5 Å². The summed E-state index contributed by atoms with van der Waals surface area (Å²) in [6.45, 7) is 2.41. The molecule has 0 aromatic carbocycles. The van der Waals surface area contributed by atoms with Crippen LogP contribution in [0.2, 0.25) is 0 Å². The lowest BCUT2D eigenvalue weighted by molar-refractivity contribution is -0.135. The van der Waals surface area contributed by atoms with Crippen LogP contribution >= 0.6 is 11.3 Å². The van der Waals surface area contributed by atoms with Crippen LogP contribution in [-0.2, 0) is 4.79 Å². The number of nitrogens with one attached hydrogen (secondary N) is 1. The Morgan fingerprint density at radius 3 is 2.94 bits per heavy atom. The Bertz CT molecular complexity index is 354. The number of thiazole rings is 1. The van der Waals surface area contributed by atoms with Crippen molar-refractivity contribution in [1.29, 1.82) is 0 Å². The minimum Gasteiger partial charge on any atom is -0.347 e. The number of hydrogen-bond acceptors (Lipinski definition) is 4. The molecule has 1 aromatic heterocycles. The van der Waals surface area contributed by atoms with Gasteiger partial charge in [-0.05, 0) is 19.8 Å². The van der Waals surface area contributed by atoms with Crippen LogP contribution in [0.3, 0.4) is 0 Å². The van der Waals surface area contributed by atoms with Gasteiger partial charge in [0.25, 0.3) is 0 Å². The molecule has 5 heteroatoms. The SMILES string of the molecule is CC(NC(=O)C1(CN)CCC1)c1nccs1. The van der Waals surface area contributed by atoms with Crippen LogP contribution in [0.4, 0.5) is 0 Å². The van der Waals surface area contributed by atoms with E-state index in [1.165, 1.54) is 0 Å². The Morgan fingerprint density at radius 1 is 1.75 bits per heavy atom. The number of hydrogen-bond donors (Lipinski definition) is 2. The first-order valence-electron chi connectivity index (χ1n) is 5.58. The molecule has 0 aliphatic heterocycles. The summed E-state index contributed by atoms with van der Waals surface area (Å²) in [5.41, 5.74) is 5.39. The van der Waals surface area contributed by atoms with Crippen molar-refractivity contribution in [3.63, 3.8) is 0 Å². The van der Waals surface area contributed by atoms with Crippen molar-refractivity contribution in [3.05, 3.63) is 16.6 Å². The first-order valence-corrected chi connectivity index (χ1v) is 6.46. The van der Waals surface area contributed by atoms with Crippen LogP contribution in [-0.4, -0.2) is 17.4 Å². The minimum absolute atomic E-state index is 0.0171. The van der Waals surface area contributed by atoms with Crippen molar-refractivity contribution in [2.24, 2.45) is 11.1 Å². The molecule has 0 radical (unpaired) electrons. The topological polar surface area (TPSA) is 68.0 Å². The van der Waals surface area contributed by atoms with E-state index in [9.17, 15) is 4.79 Å². The van der Waals surface area contributed by atoms with Gasteiger partial charge in [0, 0.05) is 18.1 Å². The maximum absolute atomic E-state index is 12.1. The van der Waals surface area contributed by atoms with Crippen LogP contribution in [0.5, 0.6) is 0 Å². The molecule has 1 saturated carbocycles. The van der Waals surface area contributed by atoms with E-state index in [4.69, 9.17) is 5.73 Å². The molecule has 1 unspecified atom stereocenters. The zero-order valence-electron chi connectivity index (χ0n) is 9.40. The van der Waals surface area contributed by atoms with E-state index in [0.29, 0.717) is 6.54 Å². The van der Waals surface area contributed by atoms with Gasteiger partial charge in [0.1, 0.15) is 5.01 Å². The maximum Gasteiger partial charge on any atom is 0.228 e. The molecular formula is C11H17N3OS. The second kappa shape index (κ2) is 4.51. The Balaban J connectivity index is 1.97. The number of rotatable bonds is 4. The Kier molecular flexibility index (Phi) is 3.25. The molecular weight excluding hydrogens is 222 g/mol. The van der Waals surface area contributed by atoms with Gasteiger partial charge in [0.2, 0.25) is 5.91 Å². The van der Waals surface area contributed by atoms with Crippen LogP contribution in [0.15, 0.2) is 11.6 Å². The van der Waals surface area contributed by atoms with Crippen LogP contribution in [0.25, 0.3) is 0 Å². The Morgan fingerprint density at radius 2 is 2.50 bits per heavy atom. The molecule has 1 heterocycles. The molecule has 4 nitrogen and oxygen atoms in total. The summed E-state index contributed by atoms with van der Waals surface area (Å²) in [5, 5.41) is 5.87. The molecule has 88 valence electrons. The van der Waals surface area contributed by atoms with Gasteiger partial charge in [-0.25, -0.2) is 4.98 Å². The molecule has 2 rings (SSSR count). The van der Waals surface area contributed by atoms with E-state index in [2.05, 4.69) is 10.3 Å². The van der Waals surface area contributed by atoms with E-state index in [-0.39, 0.29) is 17.4 Å². The molecule has 1 aliphatic carbocycles. The number of aromatic nitrogens is 1. The Labute approximate surface area is 99.3 Å². The number of amides is 1. The van der Waals surface area contributed by atoms with Crippen LogP contribution < -0.4 is 11.1 Å². The quantitative estimate of drug-likeness (QED) is 0.835. The first-order chi connectivity index (χ1) is 7.68. The summed E-state index contributed by atoms with van der Waals surface area (Å²) >= 11 is 1.56. The largest absolute Gasteiger partial charge is 0.347 e. The second-order valence-electron chi connectivity index (χ2n) is 4.40. The van der Waals surface area contributed by atoms with Crippen LogP contribution in [0, 0.1) is 5.41 Å². The van der Waals surface area contributed by atoms with E-state index >= 15 is 0 Å². The van der Waals surface area contributed by atoms with Gasteiger partial charge in [-0.3, -0.25) is 4.79 Å². The van der Waals surface area contributed by atoms with Crippen molar-refractivity contribution < 1.29 is 4.79 Å². The standard InChI is InChI=1S/C11H17N3OS/c1-8(9-13-5-6-16-9)14-10(15)11(7-12)3-2-4-11/h5-6,8H,2-4,7,12H2,1H3,(H,14,15). The number of carbonyl (C=O) groups excluding carboxylic acids is 1. The number of nitrogens with two attached hydrogens (primary N) is 1. The van der Waals surface area contributed by atoms with E-state index in [1.54, 1.807) is 17.5 Å². The molecule has 0 bridgehead atoms. The molecule has 1 amide bonds. The van der Waals surface area contributed by atoms with Gasteiger partial charge in [-0.15, -0.1) is 11.3 Å². The average molecular weight is 239 g/mol. The number of carbonyl (C=O) groups is 1. The van der Waals surface area contributed by atoms with Crippen molar-refractivity contribution in [1.82, 2.24) is 10.3 Å². The molecule has 1 fully saturated rings.